The van der Waals surface area contributed by atoms with Gasteiger partial charge in [-0.15, -0.1) is 22.7 Å². The normalized spacial score (nSPS) is 10.5. The largest absolute Gasteiger partial charge is 0.364 e. The average molecular weight is 363 g/mol. The molecule has 0 unspecified atom stereocenters. The number of aromatic nitrogens is 2. The van der Waals surface area contributed by atoms with Crippen molar-refractivity contribution in [3.05, 3.63) is 38.7 Å². The van der Waals surface area contributed by atoms with Gasteiger partial charge in [0.2, 0.25) is 0 Å². The average Bonchev–Trinajstić information content (AvgIpc) is 3.24. The van der Waals surface area contributed by atoms with Crippen molar-refractivity contribution in [2.45, 2.75) is 47.1 Å². The lowest BCUT2D eigenvalue weighted by Crippen LogP contribution is -2.03. The minimum atomic E-state index is 0.666. The van der Waals surface area contributed by atoms with Crippen molar-refractivity contribution >= 4 is 38.7 Å². The molecule has 0 saturated carbocycles. The third kappa shape index (κ3) is 4.12. The molecule has 4 nitrogen and oxygen atoms in total. The fourth-order valence-electron chi connectivity index (χ4n) is 2.41. The van der Waals surface area contributed by atoms with Crippen molar-refractivity contribution in [3.8, 4) is 0 Å². The molecule has 0 spiro atoms. The van der Waals surface area contributed by atoms with E-state index in [9.17, 15) is 0 Å². The van der Waals surface area contributed by atoms with Gasteiger partial charge in [0.1, 0.15) is 11.6 Å². The zero-order valence-electron chi connectivity index (χ0n) is 14.8. The second-order valence-corrected chi connectivity index (χ2v) is 7.28. The van der Waals surface area contributed by atoms with Crippen LogP contribution in [0.15, 0.2) is 17.5 Å². The molecule has 130 valence electrons. The summed E-state index contributed by atoms with van der Waals surface area (Å²) in [6.45, 7) is 9.70. The van der Waals surface area contributed by atoms with Gasteiger partial charge < -0.3 is 11.1 Å². The number of hydrogen-bond donors (Lipinski definition) is 2. The van der Waals surface area contributed by atoms with Crippen LogP contribution in [0.4, 0.5) is 5.82 Å². The highest BCUT2D eigenvalue weighted by atomic mass is 32.1. The van der Waals surface area contributed by atoms with Gasteiger partial charge >= 0.3 is 0 Å². The van der Waals surface area contributed by atoms with Gasteiger partial charge in [-0.05, 0) is 36.9 Å². The molecular formula is C18H26N4S2. The van der Waals surface area contributed by atoms with Crippen LogP contribution >= 0.6 is 22.7 Å². The molecule has 3 heterocycles. The molecule has 0 aliphatic heterocycles. The molecule has 0 atom stereocenters. The Bertz CT molecular complexity index is 763. The SMILES string of the molecule is CC.CCc1nc(NCc2cccs2)c2sc(CCN)c(C)c2n1. The van der Waals surface area contributed by atoms with Crippen molar-refractivity contribution in [2.75, 3.05) is 11.9 Å². The summed E-state index contributed by atoms with van der Waals surface area (Å²) >= 11 is 3.52. The van der Waals surface area contributed by atoms with Crippen LogP contribution in [0.25, 0.3) is 10.2 Å². The number of thiophene rings is 2. The van der Waals surface area contributed by atoms with E-state index in [1.54, 1.807) is 22.7 Å². The summed E-state index contributed by atoms with van der Waals surface area (Å²) in [4.78, 5) is 12.0. The van der Waals surface area contributed by atoms with E-state index < -0.39 is 0 Å². The van der Waals surface area contributed by atoms with E-state index in [1.807, 2.05) is 13.8 Å². The van der Waals surface area contributed by atoms with E-state index in [0.717, 1.165) is 41.2 Å². The lowest BCUT2D eigenvalue weighted by atomic mass is 10.2. The van der Waals surface area contributed by atoms with Crippen LogP contribution in [0.5, 0.6) is 0 Å². The lowest BCUT2D eigenvalue weighted by molar-refractivity contribution is 0.952. The number of nitrogens with two attached hydrogens (primary N) is 1. The first-order valence-corrected chi connectivity index (χ1v) is 10.2. The number of aryl methyl sites for hydroxylation is 2. The monoisotopic (exact) mass is 362 g/mol. The maximum absolute atomic E-state index is 5.72. The Morgan fingerprint density at radius 2 is 2.04 bits per heavy atom. The molecule has 24 heavy (non-hydrogen) atoms. The summed E-state index contributed by atoms with van der Waals surface area (Å²) < 4.78 is 1.15. The van der Waals surface area contributed by atoms with Gasteiger partial charge in [0.15, 0.2) is 0 Å². The van der Waals surface area contributed by atoms with Crippen molar-refractivity contribution in [1.29, 1.82) is 0 Å². The molecule has 0 amide bonds. The lowest BCUT2D eigenvalue weighted by Gasteiger charge is -2.07. The summed E-state index contributed by atoms with van der Waals surface area (Å²) in [5, 5.41) is 5.58. The Balaban J connectivity index is 0.00000100. The van der Waals surface area contributed by atoms with Gasteiger partial charge in [-0.1, -0.05) is 26.8 Å². The van der Waals surface area contributed by atoms with Gasteiger partial charge in [-0.25, -0.2) is 9.97 Å². The van der Waals surface area contributed by atoms with Crippen LogP contribution in [0.2, 0.25) is 0 Å². The fraction of sp³-hybridized carbons (Fsp3) is 0.444. The Morgan fingerprint density at radius 1 is 1.25 bits per heavy atom. The Morgan fingerprint density at radius 3 is 2.67 bits per heavy atom. The first kappa shape index (κ1) is 18.8. The molecule has 0 aromatic carbocycles. The summed E-state index contributed by atoms with van der Waals surface area (Å²) in [6.07, 6.45) is 1.74. The van der Waals surface area contributed by atoms with E-state index in [1.165, 1.54) is 15.3 Å². The summed E-state index contributed by atoms with van der Waals surface area (Å²) in [5.74, 6) is 1.84. The topological polar surface area (TPSA) is 63.8 Å². The minimum absolute atomic E-state index is 0.666. The third-order valence-corrected chi connectivity index (χ3v) is 5.83. The number of rotatable bonds is 6. The zero-order valence-corrected chi connectivity index (χ0v) is 16.5. The number of nitrogens with one attached hydrogen (secondary N) is 1. The van der Waals surface area contributed by atoms with Crippen LogP contribution in [-0.2, 0) is 19.4 Å². The van der Waals surface area contributed by atoms with Crippen molar-refractivity contribution in [2.24, 2.45) is 5.73 Å². The zero-order chi connectivity index (χ0) is 17.5. The summed E-state index contributed by atoms with van der Waals surface area (Å²) in [7, 11) is 0. The molecule has 3 N–H and O–H groups in total. The maximum Gasteiger partial charge on any atom is 0.148 e. The van der Waals surface area contributed by atoms with Crippen LogP contribution in [0.1, 0.15) is 41.9 Å². The number of fused-ring (bicyclic) bond motifs is 1. The third-order valence-electron chi connectivity index (χ3n) is 3.61. The molecule has 0 fully saturated rings. The molecule has 0 aliphatic rings. The van der Waals surface area contributed by atoms with Crippen LogP contribution < -0.4 is 11.1 Å². The number of hydrogen-bond acceptors (Lipinski definition) is 6. The van der Waals surface area contributed by atoms with Gasteiger partial charge in [-0.3, -0.25) is 0 Å². The molecule has 0 aliphatic carbocycles. The molecule has 0 bridgehead atoms. The standard InChI is InChI=1S/C16H20N4S2.C2H6/c1-3-13-19-14-10(2)12(6-7-17)22-15(14)16(20-13)18-9-11-5-4-8-21-11;1-2/h4-5,8H,3,6-7,9,17H2,1-2H3,(H,18,19,20);1-2H3. The van der Waals surface area contributed by atoms with Gasteiger partial charge in [-0.2, -0.15) is 0 Å². The molecule has 0 radical (unpaired) electrons. The predicted molar refractivity (Wildman–Crippen MR) is 107 cm³/mol. The molecule has 3 aromatic heterocycles. The number of nitrogens with zero attached hydrogens (tertiary/aromatic N) is 2. The highest BCUT2D eigenvalue weighted by molar-refractivity contribution is 7.19. The van der Waals surface area contributed by atoms with Crippen LogP contribution in [0, 0.1) is 6.92 Å². The smallest absolute Gasteiger partial charge is 0.148 e. The Labute approximate surface area is 152 Å². The first-order chi connectivity index (χ1) is 11.7. The summed E-state index contributed by atoms with van der Waals surface area (Å²) in [5.41, 5.74) is 8.05. The van der Waals surface area contributed by atoms with E-state index in [4.69, 9.17) is 15.7 Å². The van der Waals surface area contributed by atoms with Crippen molar-refractivity contribution in [3.63, 3.8) is 0 Å². The highest BCUT2D eigenvalue weighted by Crippen LogP contribution is 2.34. The van der Waals surface area contributed by atoms with E-state index in [2.05, 4.69) is 36.7 Å². The molecular weight excluding hydrogens is 336 g/mol. The van der Waals surface area contributed by atoms with Gasteiger partial charge in [0.05, 0.1) is 16.8 Å². The minimum Gasteiger partial charge on any atom is -0.364 e. The fourth-order valence-corrected chi connectivity index (χ4v) is 4.28. The van der Waals surface area contributed by atoms with E-state index in [-0.39, 0.29) is 0 Å². The van der Waals surface area contributed by atoms with Gasteiger partial charge in [0.25, 0.3) is 0 Å². The summed E-state index contributed by atoms with van der Waals surface area (Å²) in [6, 6.07) is 4.21. The second-order valence-electron chi connectivity index (χ2n) is 5.14. The second kappa shape index (κ2) is 9.11. The highest BCUT2D eigenvalue weighted by Gasteiger charge is 2.15. The molecule has 3 aromatic rings. The van der Waals surface area contributed by atoms with E-state index >= 15 is 0 Å². The predicted octanol–water partition coefficient (Wildman–Crippen LogP) is 4.76. The van der Waals surface area contributed by atoms with Gasteiger partial charge in [0, 0.05) is 16.2 Å². The number of anilines is 1. The van der Waals surface area contributed by atoms with Crippen LogP contribution in [-0.4, -0.2) is 16.5 Å². The quantitative estimate of drug-likeness (QED) is 0.663. The van der Waals surface area contributed by atoms with Crippen molar-refractivity contribution in [1.82, 2.24) is 9.97 Å². The molecule has 0 saturated heterocycles. The molecule has 6 heteroatoms. The van der Waals surface area contributed by atoms with E-state index in [0.29, 0.717) is 6.54 Å². The first-order valence-electron chi connectivity index (χ1n) is 8.48. The maximum atomic E-state index is 5.72. The molecule has 3 rings (SSSR count). The Hall–Kier alpha value is -1.50. The Kier molecular flexibility index (Phi) is 7.15. The van der Waals surface area contributed by atoms with Crippen LogP contribution in [0.3, 0.4) is 0 Å². The van der Waals surface area contributed by atoms with Crippen molar-refractivity contribution < 1.29 is 0 Å².